The second kappa shape index (κ2) is 18.3. The Kier molecular flexibility index (Phi) is 15.1. The third kappa shape index (κ3) is 11.3. The van der Waals surface area contributed by atoms with Crippen LogP contribution in [0.25, 0.3) is 0 Å². The number of rotatable bonds is 17. The van der Waals surface area contributed by atoms with Crippen LogP contribution in [0.15, 0.2) is 12.2 Å². The molecule has 6 atom stereocenters. The van der Waals surface area contributed by atoms with Crippen LogP contribution in [0.4, 0.5) is 0 Å². The van der Waals surface area contributed by atoms with Crippen LogP contribution in [0, 0.1) is 11.8 Å². The summed E-state index contributed by atoms with van der Waals surface area (Å²) in [5.74, 6) is 0.405. The zero-order valence-corrected chi connectivity index (χ0v) is 23.4. The largest absolute Gasteiger partial charge is 0.469 e. The molecular weight excluding hydrogens is 472 g/mol. The number of methoxy groups -OCH3 is 1. The lowest BCUT2D eigenvalue weighted by molar-refractivity contribution is -0.205. The van der Waals surface area contributed by atoms with Crippen molar-refractivity contribution in [3.8, 4) is 0 Å². The highest BCUT2D eigenvalue weighted by molar-refractivity contribution is 5.69. The third-order valence-corrected chi connectivity index (χ3v) is 7.91. The monoisotopic (exact) mass is 524 g/mol. The standard InChI is InChI=1S/C30H52O7/c1-3-4-5-12-19-33-23-25-24(15-8-6-7-9-16-28(31)32-2)26(36-29-17-10-13-20-34-29)22-27(25)37-30-18-11-14-21-35-30/h6,8,24-27,29-30H,3-5,7,9-23H2,1-2H3/b8-6-/t24-,25-,26+,27-,29?,30?/m1/s1. The smallest absolute Gasteiger partial charge is 0.305 e. The van der Waals surface area contributed by atoms with Gasteiger partial charge in [-0.15, -0.1) is 0 Å². The number of unbranched alkanes of at least 4 members (excludes halogenated alkanes) is 4. The average Bonchev–Trinajstić information content (AvgIpc) is 3.24. The van der Waals surface area contributed by atoms with Crippen molar-refractivity contribution in [2.45, 2.75) is 128 Å². The molecular formula is C30H52O7. The molecule has 0 amide bonds. The molecule has 214 valence electrons. The maximum Gasteiger partial charge on any atom is 0.305 e. The zero-order chi connectivity index (χ0) is 26.1. The molecule has 2 unspecified atom stereocenters. The number of allylic oxidation sites excluding steroid dienone is 2. The number of ether oxygens (including phenoxy) is 6. The van der Waals surface area contributed by atoms with Crippen molar-refractivity contribution in [1.82, 2.24) is 0 Å². The molecule has 0 aromatic rings. The van der Waals surface area contributed by atoms with Crippen molar-refractivity contribution in [2.75, 3.05) is 33.5 Å². The Labute approximate surface area is 224 Å². The molecule has 7 heteroatoms. The summed E-state index contributed by atoms with van der Waals surface area (Å²) in [7, 11) is 1.44. The first kappa shape index (κ1) is 30.6. The minimum absolute atomic E-state index is 0.0602. The van der Waals surface area contributed by atoms with Crippen LogP contribution < -0.4 is 0 Å². The van der Waals surface area contributed by atoms with E-state index >= 15 is 0 Å². The average molecular weight is 525 g/mol. The van der Waals surface area contributed by atoms with E-state index in [-0.39, 0.29) is 36.7 Å². The van der Waals surface area contributed by atoms with Crippen LogP contribution in [-0.2, 0) is 33.2 Å². The molecule has 0 spiro atoms. The van der Waals surface area contributed by atoms with Gasteiger partial charge >= 0.3 is 5.97 Å². The van der Waals surface area contributed by atoms with Crippen molar-refractivity contribution in [2.24, 2.45) is 11.8 Å². The van der Waals surface area contributed by atoms with Gasteiger partial charge in [0, 0.05) is 38.6 Å². The Morgan fingerprint density at radius 1 is 0.865 bits per heavy atom. The SMILES string of the molecule is CCCCCCOC[C@@H]1[C@@H](C/C=C\CCCC(=O)OC)[C@@H](OC2CCCCO2)C[C@H]1OC1CCCCO1. The lowest BCUT2D eigenvalue weighted by Crippen LogP contribution is -2.34. The highest BCUT2D eigenvalue weighted by atomic mass is 16.7. The molecule has 0 N–H and O–H groups in total. The maximum atomic E-state index is 11.4. The molecule has 0 aromatic carbocycles. The second-order valence-corrected chi connectivity index (χ2v) is 10.8. The molecule has 3 rings (SSSR count). The first-order chi connectivity index (χ1) is 18.2. The fraction of sp³-hybridized carbons (Fsp3) is 0.900. The fourth-order valence-corrected chi connectivity index (χ4v) is 5.72. The summed E-state index contributed by atoms with van der Waals surface area (Å²) in [5, 5.41) is 0. The molecule has 2 saturated heterocycles. The van der Waals surface area contributed by atoms with Gasteiger partial charge in [-0.2, -0.15) is 0 Å². The van der Waals surface area contributed by atoms with Crippen LogP contribution >= 0.6 is 0 Å². The van der Waals surface area contributed by atoms with Gasteiger partial charge in [0.15, 0.2) is 12.6 Å². The van der Waals surface area contributed by atoms with Crippen LogP contribution in [0.1, 0.15) is 103 Å². The molecule has 2 aliphatic heterocycles. The molecule has 0 aromatic heterocycles. The van der Waals surface area contributed by atoms with Crippen molar-refractivity contribution < 1.29 is 33.2 Å². The van der Waals surface area contributed by atoms with E-state index < -0.39 is 0 Å². The lowest BCUT2D eigenvalue weighted by Gasteiger charge is -2.31. The van der Waals surface area contributed by atoms with E-state index in [1.54, 1.807) is 0 Å². The third-order valence-electron chi connectivity index (χ3n) is 7.91. The highest BCUT2D eigenvalue weighted by Crippen LogP contribution is 2.41. The van der Waals surface area contributed by atoms with Crippen LogP contribution in [-0.4, -0.2) is 64.3 Å². The van der Waals surface area contributed by atoms with E-state index in [4.69, 9.17) is 28.4 Å². The van der Waals surface area contributed by atoms with Crippen molar-refractivity contribution >= 4 is 5.97 Å². The molecule has 2 heterocycles. The van der Waals surface area contributed by atoms with E-state index in [0.29, 0.717) is 18.9 Å². The van der Waals surface area contributed by atoms with Crippen molar-refractivity contribution in [1.29, 1.82) is 0 Å². The van der Waals surface area contributed by atoms with E-state index in [1.807, 2.05) is 0 Å². The minimum atomic E-state index is -0.147. The van der Waals surface area contributed by atoms with Gasteiger partial charge < -0.3 is 28.4 Å². The van der Waals surface area contributed by atoms with Crippen LogP contribution in [0.2, 0.25) is 0 Å². The lowest BCUT2D eigenvalue weighted by atomic mass is 9.90. The summed E-state index contributed by atoms with van der Waals surface area (Å²) >= 11 is 0. The predicted molar refractivity (Wildman–Crippen MR) is 143 cm³/mol. The fourth-order valence-electron chi connectivity index (χ4n) is 5.72. The molecule has 37 heavy (non-hydrogen) atoms. The topological polar surface area (TPSA) is 72.5 Å². The number of esters is 1. The molecule has 3 fully saturated rings. The van der Waals surface area contributed by atoms with Crippen molar-refractivity contribution in [3.63, 3.8) is 0 Å². The summed E-state index contributed by atoms with van der Waals surface area (Å²) in [5.41, 5.74) is 0. The van der Waals surface area contributed by atoms with E-state index in [0.717, 1.165) is 90.4 Å². The summed E-state index contributed by atoms with van der Waals surface area (Å²) in [4.78, 5) is 11.4. The predicted octanol–water partition coefficient (Wildman–Crippen LogP) is 6.33. The molecule has 1 saturated carbocycles. The molecule has 3 aliphatic rings. The van der Waals surface area contributed by atoms with Gasteiger partial charge in [-0.1, -0.05) is 38.3 Å². The Morgan fingerprint density at radius 3 is 2.19 bits per heavy atom. The summed E-state index contributed by atoms with van der Waals surface area (Å²) in [6, 6.07) is 0. The summed E-state index contributed by atoms with van der Waals surface area (Å²) < 4.78 is 36.1. The van der Waals surface area contributed by atoms with Crippen molar-refractivity contribution in [3.05, 3.63) is 12.2 Å². The number of carbonyl (C=O) groups is 1. The molecule has 7 nitrogen and oxygen atoms in total. The van der Waals surface area contributed by atoms with Gasteiger partial charge in [-0.05, 0) is 70.1 Å². The van der Waals surface area contributed by atoms with Gasteiger partial charge in [0.2, 0.25) is 0 Å². The Bertz CT molecular complexity index is 627. The van der Waals surface area contributed by atoms with E-state index in [9.17, 15) is 4.79 Å². The van der Waals surface area contributed by atoms with E-state index in [2.05, 4.69) is 19.1 Å². The summed E-state index contributed by atoms with van der Waals surface area (Å²) in [6.45, 7) is 5.29. The van der Waals surface area contributed by atoms with Gasteiger partial charge in [0.05, 0.1) is 25.9 Å². The van der Waals surface area contributed by atoms with Gasteiger partial charge in [-0.25, -0.2) is 0 Å². The quantitative estimate of drug-likeness (QED) is 0.125. The molecule has 0 radical (unpaired) electrons. The molecule has 1 aliphatic carbocycles. The number of hydrogen-bond acceptors (Lipinski definition) is 7. The second-order valence-electron chi connectivity index (χ2n) is 10.8. The minimum Gasteiger partial charge on any atom is -0.469 e. The van der Waals surface area contributed by atoms with Gasteiger partial charge in [-0.3, -0.25) is 4.79 Å². The number of carbonyl (C=O) groups excluding carboxylic acids is 1. The highest BCUT2D eigenvalue weighted by Gasteiger charge is 2.46. The van der Waals surface area contributed by atoms with Crippen LogP contribution in [0.5, 0.6) is 0 Å². The summed E-state index contributed by atoms with van der Waals surface area (Å²) in [6.07, 6.45) is 19.5. The van der Waals surface area contributed by atoms with E-state index in [1.165, 1.54) is 26.4 Å². The zero-order valence-electron chi connectivity index (χ0n) is 23.4. The van der Waals surface area contributed by atoms with Gasteiger partial charge in [0.25, 0.3) is 0 Å². The normalized spacial score (nSPS) is 30.6. The Balaban J connectivity index is 1.62. The maximum absolute atomic E-state index is 11.4. The van der Waals surface area contributed by atoms with Crippen LogP contribution in [0.3, 0.4) is 0 Å². The number of hydrogen-bond donors (Lipinski definition) is 0. The first-order valence-corrected chi connectivity index (χ1v) is 15.0. The Hall–Kier alpha value is -0.990. The Morgan fingerprint density at radius 2 is 1.57 bits per heavy atom. The van der Waals surface area contributed by atoms with Gasteiger partial charge in [0.1, 0.15) is 0 Å². The first-order valence-electron chi connectivity index (χ1n) is 15.0. The molecule has 0 bridgehead atoms.